The predicted octanol–water partition coefficient (Wildman–Crippen LogP) is 2.70. The first-order valence-electron chi connectivity index (χ1n) is 7.95. The molecule has 2 aromatic carbocycles. The van der Waals surface area contributed by atoms with Gasteiger partial charge in [0, 0.05) is 0 Å². The Hall–Kier alpha value is -2.33. The lowest BCUT2D eigenvalue weighted by molar-refractivity contribution is 0.0146. The van der Waals surface area contributed by atoms with E-state index in [1.54, 1.807) is 0 Å². The molecule has 0 unspecified atom stereocenters. The van der Waals surface area contributed by atoms with E-state index in [2.05, 4.69) is 5.32 Å². The summed E-state index contributed by atoms with van der Waals surface area (Å²) in [7, 11) is 0. The summed E-state index contributed by atoms with van der Waals surface area (Å²) in [6.07, 6.45) is 0.340. The van der Waals surface area contributed by atoms with Crippen LogP contribution in [0.1, 0.15) is 17.5 Å². The zero-order valence-corrected chi connectivity index (χ0v) is 12.9. The number of hydrogen-bond donors (Lipinski definition) is 2. The van der Waals surface area contributed by atoms with Crippen LogP contribution in [0.5, 0.6) is 0 Å². The molecule has 4 nitrogen and oxygen atoms in total. The molecule has 1 saturated heterocycles. The number of hydrogen-bond acceptors (Lipinski definition) is 3. The van der Waals surface area contributed by atoms with E-state index in [9.17, 15) is 9.90 Å². The molecule has 2 N–H and O–H groups in total. The first-order chi connectivity index (χ1) is 11.2. The lowest BCUT2D eigenvalue weighted by Gasteiger charge is -2.22. The summed E-state index contributed by atoms with van der Waals surface area (Å²) < 4.78 is 5.30. The Morgan fingerprint density at radius 3 is 2.26 bits per heavy atom. The van der Waals surface area contributed by atoms with Crippen LogP contribution in [-0.4, -0.2) is 29.4 Å². The number of cyclic esters (lactones) is 1. The van der Waals surface area contributed by atoms with Crippen molar-refractivity contribution in [2.75, 3.05) is 0 Å². The van der Waals surface area contributed by atoms with Crippen LogP contribution >= 0.6 is 0 Å². The van der Waals surface area contributed by atoms with Crippen LogP contribution in [0.25, 0.3) is 0 Å². The fourth-order valence-corrected chi connectivity index (χ4v) is 2.98. The number of aliphatic hydroxyl groups excluding tert-OH is 1. The SMILES string of the molecule is O=C1N[C@@H](Cc2ccccc2)[C@@H]([C@H](O)CCc2ccccc2)O1. The molecule has 1 aliphatic heterocycles. The average Bonchev–Trinajstić information content (AvgIpc) is 2.95. The van der Waals surface area contributed by atoms with Crippen LogP contribution < -0.4 is 5.32 Å². The molecule has 1 amide bonds. The third-order valence-corrected chi connectivity index (χ3v) is 4.19. The molecule has 1 aliphatic rings. The molecular formula is C19H21NO3. The van der Waals surface area contributed by atoms with Crippen molar-refractivity contribution >= 4 is 6.09 Å². The largest absolute Gasteiger partial charge is 0.441 e. The van der Waals surface area contributed by atoms with Crippen LogP contribution in [0.3, 0.4) is 0 Å². The number of aryl methyl sites for hydroxylation is 1. The molecule has 0 spiro atoms. The van der Waals surface area contributed by atoms with Gasteiger partial charge in [-0.3, -0.25) is 0 Å². The number of carbonyl (C=O) groups is 1. The van der Waals surface area contributed by atoms with Crippen molar-refractivity contribution in [3.8, 4) is 0 Å². The minimum atomic E-state index is -0.678. The lowest BCUT2D eigenvalue weighted by Crippen LogP contribution is -2.41. The second kappa shape index (κ2) is 7.29. The highest BCUT2D eigenvalue weighted by atomic mass is 16.6. The Balaban J connectivity index is 1.61. The van der Waals surface area contributed by atoms with Gasteiger partial charge in [-0.05, 0) is 30.4 Å². The fraction of sp³-hybridized carbons (Fsp3) is 0.316. The van der Waals surface area contributed by atoms with Crippen molar-refractivity contribution < 1.29 is 14.6 Å². The number of amides is 1. The first-order valence-corrected chi connectivity index (χ1v) is 7.95. The highest BCUT2D eigenvalue weighted by Gasteiger charge is 2.38. The zero-order chi connectivity index (χ0) is 16.1. The van der Waals surface area contributed by atoms with Crippen LogP contribution in [-0.2, 0) is 17.6 Å². The molecule has 4 heteroatoms. The van der Waals surface area contributed by atoms with Gasteiger partial charge in [-0.25, -0.2) is 4.79 Å². The van der Waals surface area contributed by atoms with E-state index in [0.717, 1.165) is 12.0 Å². The Morgan fingerprint density at radius 1 is 1.00 bits per heavy atom. The molecule has 3 rings (SSSR count). The number of rotatable bonds is 6. The minimum absolute atomic E-state index is 0.198. The molecule has 1 heterocycles. The standard InChI is InChI=1S/C19H21NO3/c21-17(12-11-14-7-3-1-4-8-14)18-16(20-19(22)23-18)13-15-9-5-2-6-10-15/h1-10,16-18,21H,11-13H2,(H,20,22)/t16-,17+,18-/m0/s1. The number of nitrogens with one attached hydrogen (secondary N) is 1. The summed E-state index contributed by atoms with van der Waals surface area (Å²) in [5.41, 5.74) is 2.28. The van der Waals surface area contributed by atoms with E-state index in [0.29, 0.717) is 12.8 Å². The van der Waals surface area contributed by atoms with Crippen LogP contribution in [0.4, 0.5) is 4.79 Å². The Kier molecular flexibility index (Phi) is 4.93. The van der Waals surface area contributed by atoms with Crippen LogP contribution in [0.2, 0.25) is 0 Å². The van der Waals surface area contributed by atoms with Crippen molar-refractivity contribution in [3.63, 3.8) is 0 Å². The summed E-state index contributed by atoms with van der Waals surface area (Å²) >= 11 is 0. The van der Waals surface area contributed by atoms with Gasteiger partial charge in [0.25, 0.3) is 0 Å². The van der Waals surface area contributed by atoms with Crippen LogP contribution in [0.15, 0.2) is 60.7 Å². The molecule has 120 valence electrons. The molecule has 0 radical (unpaired) electrons. The highest BCUT2D eigenvalue weighted by Crippen LogP contribution is 2.20. The van der Waals surface area contributed by atoms with Crippen molar-refractivity contribution in [3.05, 3.63) is 71.8 Å². The number of alkyl carbamates (subject to hydrolysis) is 1. The minimum Gasteiger partial charge on any atom is -0.441 e. The van der Waals surface area contributed by atoms with Gasteiger partial charge in [0.1, 0.15) is 6.10 Å². The molecule has 23 heavy (non-hydrogen) atoms. The van der Waals surface area contributed by atoms with Gasteiger partial charge >= 0.3 is 6.09 Å². The van der Waals surface area contributed by atoms with Crippen molar-refractivity contribution in [2.45, 2.75) is 37.5 Å². The zero-order valence-electron chi connectivity index (χ0n) is 12.9. The van der Waals surface area contributed by atoms with Gasteiger partial charge in [0.2, 0.25) is 0 Å². The topological polar surface area (TPSA) is 58.6 Å². The van der Waals surface area contributed by atoms with Gasteiger partial charge in [-0.15, -0.1) is 0 Å². The molecule has 0 saturated carbocycles. The summed E-state index contributed by atoms with van der Waals surface area (Å²) in [5.74, 6) is 0. The van der Waals surface area contributed by atoms with Gasteiger partial charge < -0.3 is 15.2 Å². The molecule has 0 bridgehead atoms. The Morgan fingerprint density at radius 2 is 1.61 bits per heavy atom. The number of carbonyl (C=O) groups excluding carboxylic acids is 1. The van der Waals surface area contributed by atoms with Gasteiger partial charge in [0.05, 0.1) is 12.1 Å². The number of aliphatic hydroxyl groups is 1. The second-order valence-electron chi connectivity index (χ2n) is 5.90. The van der Waals surface area contributed by atoms with Crippen molar-refractivity contribution in [1.82, 2.24) is 5.32 Å². The average molecular weight is 311 g/mol. The summed E-state index contributed by atoms with van der Waals surface area (Å²) in [5, 5.41) is 13.3. The fourth-order valence-electron chi connectivity index (χ4n) is 2.98. The molecule has 0 aliphatic carbocycles. The maximum atomic E-state index is 11.6. The van der Waals surface area contributed by atoms with Crippen LogP contribution in [0, 0.1) is 0 Å². The Bertz CT molecular complexity index is 630. The van der Waals surface area contributed by atoms with E-state index in [-0.39, 0.29) is 6.04 Å². The van der Waals surface area contributed by atoms with E-state index >= 15 is 0 Å². The monoisotopic (exact) mass is 311 g/mol. The normalized spacial score (nSPS) is 21.5. The smallest absolute Gasteiger partial charge is 0.407 e. The molecular weight excluding hydrogens is 290 g/mol. The van der Waals surface area contributed by atoms with Gasteiger partial charge in [-0.1, -0.05) is 60.7 Å². The maximum Gasteiger partial charge on any atom is 0.407 e. The number of benzene rings is 2. The molecule has 0 aromatic heterocycles. The van der Waals surface area contributed by atoms with E-state index in [1.807, 2.05) is 60.7 Å². The molecule has 3 atom stereocenters. The Labute approximate surface area is 136 Å². The van der Waals surface area contributed by atoms with Gasteiger partial charge in [0.15, 0.2) is 0 Å². The quantitative estimate of drug-likeness (QED) is 0.862. The summed E-state index contributed by atoms with van der Waals surface area (Å²) in [4.78, 5) is 11.6. The third kappa shape index (κ3) is 4.11. The van der Waals surface area contributed by atoms with Gasteiger partial charge in [-0.2, -0.15) is 0 Å². The second-order valence-corrected chi connectivity index (χ2v) is 5.90. The maximum absolute atomic E-state index is 11.6. The van der Waals surface area contributed by atoms with Crippen molar-refractivity contribution in [2.24, 2.45) is 0 Å². The predicted molar refractivity (Wildman–Crippen MR) is 88.1 cm³/mol. The molecule has 1 fully saturated rings. The molecule has 2 aromatic rings. The van der Waals surface area contributed by atoms with Crippen molar-refractivity contribution in [1.29, 1.82) is 0 Å². The van der Waals surface area contributed by atoms with E-state index < -0.39 is 18.3 Å². The number of ether oxygens (including phenoxy) is 1. The lowest BCUT2D eigenvalue weighted by atomic mass is 9.95. The third-order valence-electron chi connectivity index (χ3n) is 4.19. The summed E-state index contributed by atoms with van der Waals surface area (Å²) in [6.45, 7) is 0. The highest BCUT2D eigenvalue weighted by molar-refractivity contribution is 5.70. The summed E-state index contributed by atoms with van der Waals surface area (Å²) in [6, 6.07) is 19.7. The first kappa shape index (κ1) is 15.6. The van der Waals surface area contributed by atoms with E-state index in [1.165, 1.54) is 5.56 Å². The van der Waals surface area contributed by atoms with E-state index in [4.69, 9.17) is 4.74 Å².